The van der Waals surface area contributed by atoms with Crippen molar-refractivity contribution in [3.05, 3.63) is 17.5 Å². The first-order valence-corrected chi connectivity index (χ1v) is 5.95. The van der Waals surface area contributed by atoms with Crippen LogP contribution in [0.5, 0.6) is 0 Å². The van der Waals surface area contributed by atoms with Gasteiger partial charge in [-0.05, 0) is 0 Å². The Morgan fingerprint density at radius 1 is 1.50 bits per heavy atom. The fourth-order valence-corrected chi connectivity index (χ4v) is 2.03. The Kier molecular flexibility index (Phi) is 1.97. The summed E-state index contributed by atoms with van der Waals surface area (Å²) >= 11 is 5.62. The Morgan fingerprint density at radius 3 is 2.86 bits per heavy atom. The molecule has 0 radical (unpaired) electrons. The second kappa shape index (κ2) is 2.93. The van der Waals surface area contributed by atoms with Gasteiger partial charge in [0.2, 0.25) is 0 Å². The van der Waals surface area contributed by atoms with E-state index in [0.717, 1.165) is 6.26 Å². The van der Waals surface area contributed by atoms with Crippen molar-refractivity contribution in [2.24, 2.45) is 0 Å². The van der Waals surface area contributed by atoms with Gasteiger partial charge >= 0.3 is 0 Å². The van der Waals surface area contributed by atoms with Crippen LogP contribution in [0.15, 0.2) is 17.3 Å². The first-order chi connectivity index (χ1) is 6.48. The van der Waals surface area contributed by atoms with Crippen LogP contribution in [0, 0.1) is 0 Å². The van der Waals surface area contributed by atoms with Crippen LogP contribution in [0.4, 0.5) is 0 Å². The number of halogens is 1. The summed E-state index contributed by atoms with van der Waals surface area (Å²) < 4.78 is 22.6. The third-order valence-corrected chi connectivity index (χ3v) is 3.01. The molecule has 74 valence electrons. The molecule has 7 heteroatoms. The molecule has 5 nitrogen and oxygen atoms in total. The molecule has 2 heterocycles. The van der Waals surface area contributed by atoms with Crippen LogP contribution >= 0.6 is 11.6 Å². The number of fused-ring (bicyclic) bond motifs is 1. The van der Waals surface area contributed by atoms with Crippen molar-refractivity contribution in [2.45, 2.75) is 4.90 Å². The van der Waals surface area contributed by atoms with Crippen LogP contribution < -0.4 is 0 Å². The molecule has 0 aliphatic heterocycles. The van der Waals surface area contributed by atoms with Gasteiger partial charge in [-0.3, -0.25) is 0 Å². The molecule has 14 heavy (non-hydrogen) atoms. The molecule has 0 amide bonds. The first-order valence-electron chi connectivity index (χ1n) is 3.68. The largest absolute Gasteiger partial charge is 0.343 e. The predicted molar refractivity (Wildman–Crippen MR) is 52.0 cm³/mol. The second-order valence-electron chi connectivity index (χ2n) is 2.82. The van der Waals surface area contributed by atoms with E-state index in [-0.39, 0.29) is 15.6 Å². The summed E-state index contributed by atoms with van der Waals surface area (Å²) in [5.74, 6) is 0. The molecule has 0 unspecified atom stereocenters. The van der Waals surface area contributed by atoms with Gasteiger partial charge < -0.3 is 4.98 Å². The number of aromatic nitrogens is 3. The summed E-state index contributed by atoms with van der Waals surface area (Å²) in [5, 5.41) is 0.169. The van der Waals surface area contributed by atoms with Crippen molar-refractivity contribution in [2.75, 3.05) is 6.26 Å². The Hall–Kier alpha value is -1.14. The van der Waals surface area contributed by atoms with E-state index in [9.17, 15) is 8.42 Å². The lowest BCUT2D eigenvalue weighted by Crippen LogP contribution is -1.96. The standard InChI is InChI=1S/C7H6ClN3O2S/c1-14(12,13)4-2-9-7-6(4)11-5(8)3-10-7/h2-3H,1H3,(H,9,10). The zero-order valence-corrected chi connectivity index (χ0v) is 8.72. The second-order valence-corrected chi connectivity index (χ2v) is 5.19. The van der Waals surface area contributed by atoms with E-state index in [2.05, 4.69) is 15.0 Å². The van der Waals surface area contributed by atoms with Crippen molar-refractivity contribution in [3.63, 3.8) is 0 Å². The van der Waals surface area contributed by atoms with Gasteiger partial charge in [0.25, 0.3) is 0 Å². The predicted octanol–water partition coefficient (Wildman–Crippen LogP) is 1.01. The van der Waals surface area contributed by atoms with Crippen LogP contribution in [0.25, 0.3) is 11.2 Å². The van der Waals surface area contributed by atoms with Gasteiger partial charge in [-0.2, -0.15) is 0 Å². The molecule has 1 N–H and O–H groups in total. The van der Waals surface area contributed by atoms with Gasteiger partial charge in [-0.15, -0.1) is 0 Å². The summed E-state index contributed by atoms with van der Waals surface area (Å²) in [6, 6.07) is 0. The summed E-state index contributed by atoms with van der Waals surface area (Å²) in [5.41, 5.74) is 0.690. The highest BCUT2D eigenvalue weighted by Gasteiger charge is 2.15. The maximum atomic E-state index is 11.3. The number of hydrogen-bond donors (Lipinski definition) is 1. The zero-order valence-electron chi connectivity index (χ0n) is 7.15. The molecule has 0 saturated carbocycles. The minimum Gasteiger partial charge on any atom is -0.343 e. The molecule has 0 aliphatic rings. The molecule has 2 aromatic heterocycles. The van der Waals surface area contributed by atoms with Gasteiger partial charge in [0.05, 0.1) is 6.20 Å². The van der Waals surface area contributed by atoms with E-state index < -0.39 is 9.84 Å². The van der Waals surface area contributed by atoms with Gasteiger partial charge in [0.1, 0.15) is 15.6 Å². The van der Waals surface area contributed by atoms with Crippen LogP contribution in [0.1, 0.15) is 0 Å². The average Bonchev–Trinajstić information content (AvgIpc) is 2.45. The smallest absolute Gasteiger partial charge is 0.179 e. The lowest BCUT2D eigenvalue weighted by Gasteiger charge is -1.94. The summed E-state index contributed by atoms with van der Waals surface area (Å²) in [4.78, 5) is 10.6. The van der Waals surface area contributed by atoms with Crippen molar-refractivity contribution < 1.29 is 8.42 Å². The molecule has 0 aromatic carbocycles. The molecule has 0 spiro atoms. The Morgan fingerprint density at radius 2 is 2.21 bits per heavy atom. The molecule has 0 aliphatic carbocycles. The van der Waals surface area contributed by atoms with E-state index in [1.165, 1.54) is 12.4 Å². The van der Waals surface area contributed by atoms with Crippen molar-refractivity contribution >= 4 is 32.6 Å². The van der Waals surface area contributed by atoms with Crippen LogP contribution in [0.3, 0.4) is 0 Å². The summed E-state index contributed by atoms with van der Waals surface area (Å²) in [6.45, 7) is 0. The van der Waals surface area contributed by atoms with Crippen LogP contribution in [-0.4, -0.2) is 29.6 Å². The molecule has 0 fully saturated rings. The maximum absolute atomic E-state index is 11.3. The third kappa shape index (κ3) is 1.46. The lowest BCUT2D eigenvalue weighted by molar-refractivity contribution is 0.602. The van der Waals surface area contributed by atoms with Crippen molar-refractivity contribution in [1.29, 1.82) is 0 Å². The molecule has 0 bridgehead atoms. The molecular formula is C7H6ClN3O2S. The van der Waals surface area contributed by atoms with Gasteiger partial charge in [0.15, 0.2) is 15.5 Å². The molecule has 2 rings (SSSR count). The third-order valence-electron chi connectivity index (χ3n) is 1.72. The number of H-pyrrole nitrogens is 1. The highest BCUT2D eigenvalue weighted by atomic mass is 35.5. The summed E-state index contributed by atoms with van der Waals surface area (Å²) in [6.07, 6.45) is 3.82. The SMILES string of the molecule is CS(=O)(=O)c1c[nH]c2ncc(Cl)nc12. The maximum Gasteiger partial charge on any atom is 0.179 e. The van der Waals surface area contributed by atoms with Crippen LogP contribution in [0.2, 0.25) is 5.15 Å². The zero-order chi connectivity index (χ0) is 10.3. The highest BCUT2D eigenvalue weighted by molar-refractivity contribution is 7.91. The number of aromatic amines is 1. The number of rotatable bonds is 1. The topological polar surface area (TPSA) is 75.7 Å². The number of nitrogens with zero attached hydrogens (tertiary/aromatic N) is 2. The van der Waals surface area contributed by atoms with E-state index in [1.807, 2.05) is 0 Å². The van der Waals surface area contributed by atoms with E-state index in [4.69, 9.17) is 11.6 Å². The van der Waals surface area contributed by atoms with Gasteiger partial charge in [-0.1, -0.05) is 11.6 Å². The van der Waals surface area contributed by atoms with Crippen LogP contribution in [-0.2, 0) is 9.84 Å². The number of nitrogens with one attached hydrogen (secondary N) is 1. The minimum absolute atomic E-state index is 0.113. The van der Waals surface area contributed by atoms with Crippen molar-refractivity contribution in [3.8, 4) is 0 Å². The Labute approximate surface area is 85.1 Å². The average molecular weight is 232 g/mol. The highest BCUT2D eigenvalue weighted by Crippen LogP contribution is 2.20. The number of hydrogen-bond acceptors (Lipinski definition) is 4. The van der Waals surface area contributed by atoms with E-state index >= 15 is 0 Å². The number of sulfone groups is 1. The summed E-state index contributed by atoms with van der Waals surface area (Å²) in [7, 11) is -3.30. The Bertz CT molecular complexity index is 590. The molecule has 0 atom stereocenters. The molecular weight excluding hydrogens is 226 g/mol. The minimum atomic E-state index is -3.30. The monoisotopic (exact) mass is 231 g/mol. The quantitative estimate of drug-likeness (QED) is 0.795. The normalized spacial score (nSPS) is 12.1. The fourth-order valence-electron chi connectivity index (χ4n) is 1.13. The van der Waals surface area contributed by atoms with E-state index in [0.29, 0.717) is 5.65 Å². The fraction of sp³-hybridized carbons (Fsp3) is 0.143. The van der Waals surface area contributed by atoms with Gasteiger partial charge in [-0.25, -0.2) is 18.4 Å². The Balaban J connectivity index is 2.87. The van der Waals surface area contributed by atoms with Gasteiger partial charge in [0, 0.05) is 12.5 Å². The molecule has 0 saturated heterocycles. The molecule has 2 aromatic rings. The first kappa shape index (κ1) is 9.42. The lowest BCUT2D eigenvalue weighted by atomic mass is 10.5. The van der Waals surface area contributed by atoms with Crippen molar-refractivity contribution in [1.82, 2.24) is 15.0 Å². The van der Waals surface area contributed by atoms with E-state index in [1.54, 1.807) is 0 Å².